The summed E-state index contributed by atoms with van der Waals surface area (Å²) in [5.74, 6) is -1.24. The molecule has 1 aromatic carbocycles. The first-order chi connectivity index (χ1) is 9.49. The fourth-order valence-electron chi connectivity index (χ4n) is 2.49. The number of aliphatic carboxylic acids is 1. The number of benzene rings is 1. The molecule has 1 atom stereocenters. The van der Waals surface area contributed by atoms with Crippen LogP contribution in [-0.2, 0) is 11.3 Å². The zero-order chi connectivity index (χ0) is 14.7. The van der Waals surface area contributed by atoms with E-state index in [9.17, 15) is 9.59 Å². The zero-order valence-corrected chi connectivity index (χ0v) is 11.9. The van der Waals surface area contributed by atoms with Crippen LogP contribution in [0.4, 0.5) is 4.79 Å². The molecule has 5 nitrogen and oxygen atoms in total. The number of urea groups is 1. The molecule has 1 heterocycles. The summed E-state index contributed by atoms with van der Waals surface area (Å²) in [5, 5.41) is 8.97. The Morgan fingerprint density at radius 1 is 1.40 bits per heavy atom. The van der Waals surface area contributed by atoms with Crippen molar-refractivity contribution in [1.29, 1.82) is 0 Å². The van der Waals surface area contributed by atoms with Crippen molar-refractivity contribution in [3.63, 3.8) is 0 Å². The van der Waals surface area contributed by atoms with Crippen molar-refractivity contribution in [3.05, 3.63) is 35.4 Å². The molecule has 1 fully saturated rings. The molecule has 0 aliphatic carbocycles. The van der Waals surface area contributed by atoms with Gasteiger partial charge in [0.2, 0.25) is 0 Å². The molecule has 1 N–H and O–H groups in total. The molecule has 0 radical (unpaired) electrons. The number of nitrogens with zero attached hydrogens (tertiary/aromatic N) is 2. The Morgan fingerprint density at radius 3 is 2.70 bits per heavy atom. The van der Waals surface area contributed by atoms with Gasteiger partial charge in [0.05, 0.1) is 5.92 Å². The van der Waals surface area contributed by atoms with Crippen LogP contribution < -0.4 is 0 Å². The Kier molecular flexibility index (Phi) is 4.27. The lowest BCUT2D eigenvalue weighted by Crippen LogP contribution is -2.40. The summed E-state index contributed by atoms with van der Waals surface area (Å²) in [7, 11) is 1.75. The molecule has 2 rings (SSSR count). The molecule has 1 saturated heterocycles. The maximum atomic E-state index is 12.3. The normalized spacial score (nSPS) is 18.1. The third-order valence-electron chi connectivity index (χ3n) is 3.80. The van der Waals surface area contributed by atoms with Crippen LogP contribution in [0.15, 0.2) is 24.3 Å². The van der Waals surface area contributed by atoms with Crippen molar-refractivity contribution in [3.8, 4) is 0 Å². The maximum Gasteiger partial charge on any atom is 0.320 e. The van der Waals surface area contributed by atoms with Gasteiger partial charge in [0.25, 0.3) is 0 Å². The van der Waals surface area contributed by atoms with Crippen LogP contribution in [0.2, 0.25) is 0 Å². The molecule has 1 aliphatic heterocycles. The maximum absolute atomic E-state index is 12.3. The van der Waals surface area contributed by atoms with E-state index >= 15 is 0 Å². The van der Waals surface area contributed by atoms with E-state index < -0.39 is 11.9 Å². The Hall–Kier alpha value is -2.04. The number of amides is 2. The van der Waals surface area contributed by atoms with Crippen molar-refractivity contribution in [2.24, 2.45) is 5.92 Å². The number of likely N-dealkylation sites (tertiary alicyclic amines) is 1. The highest BCUT2D eigenvalue weighted by Gasteiger charge is 2.32. The van der Waals surface area contributed by atoms with Gasteiger partial charge in [-0.1, -0.05) is 24.3 Å². The van der Waals surface area contributed by atoms with Crippen LogP contribution >= 0.6 is 0 Å². The molecular formula is C15H20N2O3. The Morgan fingerprint density at radius 2 is 2.10 bits per heavy atom. The third-order valence-corrected chi connectivity index (χ3v) is 3.80. The molecule has 1 unspecified atom stereocenters. The van der Waals surface area contributed by atoms with Gasteiger partial charge in [-0.25, -0.2) is 4.79 Å². The number of carbonyl (C=O) groups is 2. The van der Waals surface area contributed by atoms with Crippen LogP contribution in [0.3, 0.4) is 0 Å². The minimum Gasteiger partial charge on any atom is -0.481 e. The predicted molar refractivity (Wildman–Crippen MR) is 75.4 cm³/mol. The molecule has 108 valence electrons. The summed E-state index contributed by atoms with van der Waals surface area (Å²) in [6, 6.07) is 7.85. The SMILES string of the molecule is Cc1ccccc1CN(C)C(=O)N1CCC(C(=O)O)C1. The van der Waals surface area contributed by atoms with E-state index in [2.05, 4.69) is 0 Å². The second-order valence-corrected chi connectivity index (χ2v) is 5.33. The molecule has 2 amide bonds. The highest BCUT2D eigenvalue weighted by Crippen LogP contribution is 2.18. The lowest BCUT2D eigenvalue weighted by atomic mass is 10.1. The van der Waals surface area contributed by atoms with Gasteiger partial charge in [-0.3, -0.25) is 4.79 Å². The number of carboxylic acids is 1. The Labute approximate surface area is 118 Å². The van der Waals surface area contributed by atoms with Crippen LogP contribution in [0.25, 0.3) is 0 Å². The van der Waals surface area contributed by atoms with Gasteiger partial charge in [0, 0.05) is 26.7 Å². The highest BCUT2D eigenvalue weighted by atomic mass is 16.4. The topological polar surface area (TPSA) is 60.9 Å². The quantitative estimate of drug-likeness (QED) is 0.918. The fraction of sp³-hybridized carbons (Fsp3) is 0.467. The third kappa shape index (κ3) is 3.10. The van der Waals surface area contributed by atoms with Crippen LogP contribution in [-0.4, -0.2) is 47.0 Å². The van der Waals surface area contributed by atoms with Gasteiger partial charge in [-0.2, -0.15) is 0 Å². The van der Waals surface area contributed by atoms with E-state index in [-0.39, 0.29) is 6.03 Å². The monoisotopic (exact) mass is 276 g/mol. The predicted octanol–water partition coefficient (Wildman–Crippen LogP) is 1.95. The standard InChI is InChI=1S/C15H20N2O3/c1-11-5-3-4-6-12(11)9-16(2)15(20)17-8-7-13(10-17)14(18)19/h3-6,13H,7-10H2,1-2H3,(H,18,19). The van der Waals surface area contributed by atoms with Gasteiger partial charge in [0.15, 0.2) is 0 Å². The molecule has 1 aromatic rings. The minimum absolute atomic E-state index is 0.1000. The molecule has 0 bridgehead atoms. The number of hydrogen-bond donors (Lipinski definition) is 1. The van der Waals surface area contributed by atoms with Gasteiger partial charge in [-0.15, -0.1) is 0 Å². The molecule has 0 aromatic heterocycles. The molecule has 0 spiro atoms. The first-order valence-electron chi connectivity index (χ1n) is 6.76. The van der Waals surface area contributed by atoms with Gasteiger partial charge in [0.1, 0.15) is 0 Å². The van der Waals surface area contributed by atoms with Crippen molar-refractivity contribution < 1.29 is 14.7 Å². The van der Waals surface area contributed by atoms with Gasteiger partial charge >= 0.3 is 12.0 Å². The minimum atomic E-state index is -0.818. The summed E-state index contributed by atoms with van der Waals surface area (Å²) >= 11 is 0. The summed E-state index contributed by atoms with van der Waals surface area (Å²) in [5.41, 5.74) is 2.26. The van der Waals surface area contributed by atoms with E-state index in [1.54, 1.807) is 16.8 Å². The lowest BCUT2D eigenvalue weighted by Gasteiger charge is -2.25. The highest BCUT2D eigenvalue weighted by molar-refractivity contribution is 5.77. The largest absolute Gasteiger partial charge is 0.481 e. The first-order valence-corrected chi connectivity index (χ1v) is 6.76. The second kappa shape index (κ2) is 5.94. The van der Waals surface area contributed by atoms with Crippen molar-refractivity contribution >= 4 is 12.0 Å². The fourth-order valence-corrected chi connectivity index (χ4v) is 2.49. The van der Waals surface area contributed by atoms with Gasteiger partial charge in [-0.05, 0) is 24.5 Å². The number of hydrogen-bond acceptors (Lipinski definition) is 2. The van der Waals surface area contributed by atoms with E-state index in [1.165, 1.54) is 0 Å². The van der Waals surface area contributed by atoms with E-state index in [4.69, 9.17) is 5.11 Å². The summed E-state index contributed by atoms with van der Waals surface area (Å²) in [6.45, 7) is 3.39. The number of rotatable bonds is 3. The van der Waals surface area contributed by atoms with E-state index in [1.807, 2.05) is 31.2 Å². The molecule has 0 saturated carbocycles. The average molecular weight is 276 g/mol. The van der Waals surface area contributed by atoms with Crippen LogP contribution in [0.1, 0.15) is 17.5 Å². The van der Waals surface area contributed by atoms with Gasteiger partial charge < -0.3 is 14.9 Å². The second-order valence-electron chi connectivity index (χ2n) is 5.33. The number of aryl methyl sites for hydroxylation is 1. The zero-order valence-electron chi connectivity index (χ0n) is 11.9. The van der Waals surface area contributed by atoms with Crippen molar-refractivity contribution in [1.82, 2.24) is 9.80 Å². The van der Waals surface area contributed by atoms with Crippen LogP contribution in [0, 0.1) is 12.8 Å². The average Bonchev–Trinajstić information content (AvgIpc) is 2.90. The van der Waals surface area contributed by atoms with E-state index in [0.29, 0.717) is 26.1 Å². The summed E-state index contributed by atoms with van der Waals surface area (Å²) < 4.78 is 0. The lowest BCUT2D eigenvalue weighted by molar-refractivity contribution is -0.141. The molecular weight excluding hydrogens is 256 g/mol. The Bertz CT molecular complexity index is 516. The van der Waals surface area contributed by atoms with Crippen LogP contribution in [0.5, 0.6) is 0 Å². The smallest absolute Gasteiger partial charge is 0.320 e. The molecule has 1 aliphatic rings. The van der Waals surface area contributed by atoms with Crippen molar-refractivity contribution in [2.45, 2.75) is 19.9 Å². The van der Waals surface area contributed by atoms with E-state index in [0.717, 1.165) is 11.1 Å². The molecule has 20 heavy (non-hydrogen) atoms. The molecule has 5 heteroatoms. The first kappa shape index (κ1) is 14.4. The summed E-state index contributed by atoms with van der Waals surface area (Å²) in [6.07, 6.45) is 0.541. The number of carbonyl (C=O) groups excluding carboxylic acids is 1. The number of carboxylic acid groups (broad SMARTS) is 1. The van der Waals surface area contributed by atoms with Crippen molar-refractivity contribution in [2.75, 3.05) is 20.1 Å². The Balaban J connectivity index is 1.96. The summed E-state index contributed by atoms with van der Waals surface area (Å²) in [4.78, 5) is 26.5.